The van der Waals surface area contributed by atoms with E-state index in [9.17, 15) is 5.11 Å². The lowest BCUT2D eigenvalue weighted by molar-refractivity contribution is 0.106. The van der Waals surface area contributed by atoms with E-state index < -0.39 is 0 Å². The van der Waals surface area contributed by atoms with Crippen LogP contribution in [0.2, 0.25) is 0 Å². The molecule has 1 saturated heterocycles. The first-order valence-electron chi connectivity index (χ1n) is 8.98. The van der Waals surface area contributed by atoms with Crippen molar-refractivity contribution in [2.24, 2.45) is 0 Å². The van der Waals surface area contributed by atoms with Crippen molar-refractivity contribution < 1.29 is 9.84 Å². The molecule has 4 nitrogen and oxygen atoms in total. The Labute approximate surface area is 150 Å². The van der Waals surface area contributed by atoms with E-state index in [-0.39, 0.29) is 0 Å². The molecule has 0 bridgehead atoms. The van der Waals surface area contributed by atoms with Crippen LogP contribution >= 0.6 is 0 Å². The number of piperidine rings is 1. The number of likely N-dealkylation sites (N-methyl/N-ethyl adjacent to an activating group) is 1. The summed E-state index contributed by atoms with van der Waals surface area (Å²) in [4.78, 5) is 4.89. The predicted molar refractivity (Wildman–Crippen MR) is 101 cm³/mol. The van der Waals surface area contributed by atoms with Gasteiger partial charge in [-0.25, -0.2) is 0 Å². The minimum absolute atomic E-state index is 0.348. The number of hydrogen-bond acceptors (Lipinski definition) is 4. The number of methoxy groups -OCH3 is 1. The van der Waals surface area contributed by atoms with E-state index >= 15 is 0 Å². The van der Waals surface area contributed by atoms with E-state index in [1.807, 2.05) is 6.07 Å². The SMILES string of the molecule is COc1ccc(O)c(CN2CCCC(N(C)Cc3ccccc3)C2)c1. The maximum absolute atomic E-state index is 10.1. The fourth-order valence-electron chi connectivity index (χ4n) is 3.59. The number of rotatable bonds is 6. The molecule has 3 rings (SSSR count). The molecule has 2 aromatic rings. The van der Waals surface area contributed by atoms with Gasteiger partial charge in [0.2, 0.25) is 0 Å². The second-order valence-electron chi connectivity index (χ2n) is 6.93. The van der Waals surface area contributed by atoms with Crippen LogP contribution in [-0.2, 0) is 13.1 Å². The van der Waals surface area contributed by atoms with E-state index in [0.717, 1.165) is 37.5 Å². The number of nitrogens with zero attached hydrogens (tertiary/aromatic N) is 2. The number of hydrogen-bond donors (Lipinski definition) is 1. The Morgan fingerprint density at radius 2 is 2.00 bits per heavy atom. The molecule has 1 fully saturated rings. The van der Waals surface area contributed by atoms with Gasteiger partial charge < -0.3 is 9.84 Å². The molecular weight excluding hydrogens is 312 g/mol. The quantitative estimate of drug-likeness (QED) is 0.873. The highest BCUT2D eigenvalue weighted by Gasteiger charge is 2.24. The van der Waals surface area contributed by atoms with E-state index in [1.54, 1.807) is 19.2 Å². The van der Waals surface area contributed by atoms with Gasteiger partial charge in [-0.3, -0.25) is 9.80 Å². The average molecular weight is 340 g/mol. The van der Waals surface area contributed by atoms with Gasteiger partial charge in [-0.15, -0.1) is 0 Å². The standard InChI is InChI=1S/C21H28N2O2/c1-22(14-17-7-4-3-5-8-17)19-9-6-12-23(16-19)15-18-13-20(25-2)10-11-21(18)24/h3-5,7-8,10-11,13,19,24H,6,9,12,14-16H2,1-2H3. The van der Waals surface area contributed by atoms with Gasteiger partial charge in [0.1, 0.15) is 11.5 Å². The Balaban J connectivity index is 1.61. The lowest BCUT2D eigenvalue weighted by atomic mass is 10.0. The second-order valence-corrected chi connectivity index (χ2v) is 6.93. The number of phenolic OH excluding ortho intramolecular Hbond substituents is 1. The predicted octanol–water partition coefficient (Wildman–Crippen LogP) is 3.50. The summed E-state index contributed by atoms with van der Waals surface area (Å²) in [5.41, 5.74) is 2.29. The fraction of sp³-hybridized carbons (Fsp3) is 0.429. The van der Waals surface area contributed by atoms with Crippen LogP contribution in [0.4, 0.5) is 0 Å². The van der Waals surface area contributed by atoms with Crippen LogP contribution in [0.3, 0.4) is 0 Å². The summed E-state index contributed by atoms with van der Waals surface area (Å²) in [6, 6.07) is 16.6. The molecule has 134 valence electrons. The van der Waals surface area contributed by atoms with E-state index in [1.165, 1.54) is 18.4 Å². The Morgan fingerprint density at radius 1 is 1.20 bits per heavy atom. The summed E-state index contributed by atoms with van der Waals surface area (Å²) >= 11 is 0. The molecule has 1 aliphatic rings. The van der Waals surface area contributed by atoms with Crippen molar-refractivity contribution in [1.29, 1.82) is 0 Å². The Bertz CT molecular complexity index is 675. The van der Waals surface area contributed by atoms with E-state index in [4.69, 9.17) is 4.74 Å². The van der Waals surface area contributed by atoms with Gasteiger partial charge in [0.25, 0.3) is 0 Å². The molecule has 0 saturated carbocycles. The first-order valence-corrected chi connectivity index (χ1v) is 8.98. The highest BCUT2D eigenvalue weighted by atomic mass is 16.5. The van der Waals surface area contributed by atoms with E-state index in [2.05, 4.69) is 47.2 Å². The monoisotopic (exact) mass is 340 g/mol. The third kappa shape index (κ3) is 4.74. The van der Waals surface area contributed by atoms with Gasteiger partial charge >= 0.3 is 0 Å². The highest BCUT2D eigenvalue weighted by molar-refractivity contribution is 5.39. The summed E-state index contributed by atoms with van der Waals surface area (Å²) in [5, 5.41) is 10.1. The number of phenols is 1. The Hall–Kier alpha value is -2.04. The molecule has 1 atom stereocenters. The van der Waals surface area contributed by atoms with Crippen molar-refractivity contribution in [3.8, 4) is 11.5 Å². The van der Waals surface area contributed by atoms with Crippen LogP contribution in [0.5, 0.6) is 11.5 Å². The molecule has 0 radical (unpaired) electrons. The van der Waals surface area contributed by atoms with Crippen LogP contribution in [-0.4, -0.2) is 48.2 Å². The van der Waals surface area contributed by atoms with Crippen molar-refractivity contribution in [3.05, 3.63) is 59.7 Å². The first-order chi connectivity index (χ1) is 12.2. The molecule has 0 aliphatic carbocycles. The largest absolute Gasteiger partial charge is 0.508 e. The summed E-state index contributed by atoms with van der Waals surface area (Å²) in [6.07, 6.45) is 2.42. The van der Waals surface area contributed by atoms with Gasteiger partial charge in [-0.1, -0.05) is 30.3 Å². The van der Waals surface area contributed by atoms with Crippen LogP contribution in [0.1, 0.15) is 24.0 Å². The van der Waals surface area contributed by atoms with Gasteiger partial charge in [-0.2, -0.15) is 0 Å². The zero-order chi connectivity index (χ0) is 17.6. The molecule has 4 heteroatoms. The zero-order valence-corrected chi connectivity index (χ0v) is 15.2. The summed E-state index contributed by atoms with van der Waals surface area (Å²) in [6.45, 7) is 3.84. The normalized spacial score (nSPS) is 18.4. The molecule has 1 N–H and O–H groups in total. The first kappa shape index (κ1) is 17.8. The molecular formula is C21H28N2O2. The number of ether oxygens (including phenoxy) is 1. The zero-order valence-electron chi connectivity index (χ0n) is 15.2. The molecule has 0 spiro atoms. The molecule has 0 amide bonds. The van der Waals surface area contributed by atoms with Crippen molar-refractivity contribution in [3.63, 3.8) is 0 Å². The van der Waals surface area contributed by atoms with Crippen molar-refractivity contribution in [1.82, 2.24) is 9.80 Å². The van der Waals surface area contributed by atoms with Gasteiger partial charge in [0.15, 0.2) is 0 Å². The average Bonchev–Trinajstić information content (AvgIpc) is 2.64. The van der Waals surface area contributed by atoms with Gasteiger partial charge in [0.05, 0.1) is 7.11 Å². The third-order valence-corrected chi connectivity index (χ3v) is 5.06. The van der Waals surface area contributed by atoms with E-state index in [0.29, 0.717) is 11.8 Å². The van der Waals surface area contributed by atoms with Crippen molar-refractivity contribution in [2.45, 2.75) is 32.0 Å². The smallest absolute Gasteiger partial charge is 0.120 e. The maximum atomic E-state index is 10.1. The molecule has 25 heavy (non-hydrogen) atoms. The lowest BCUT2D eigenvalue weighted by Crippen LogP contribution is -2.45. The van der Waals surface area contributed by atoms with Crippen LogP contribution < -0.4 is 4.74 Å². The molecule has 2 aromatic carbocycles. The minimum Gasteiger partial charge on any atom is -0.508 e. The Morgan fingerprint density at radius 3 is 2.76 bits per heavy atom. The van der Waals surface area contributed by atoms with Gasteiger partial charge in [0, 0.05) is 31.2 Å². The maximum Gasteiger partial charge on any atom is 0.120 e. The third-order valence-electron chi connectivity index (χ3n) is 5.06. The van der Waals surface area contributed by atoms with Crippen LogP contribution in [0.25, 0.3) is 0 Å². The van der Waals surface area contributed by atoms with Crippen LogP contribution in [0.15, 0.2) is 48.5 Å². The van der Waals surface area contributed by atoms with Crippen molar-refractivity contribution in [2.75, 3.05) is 27.2 Å². The summed E-state index contributed by atoms with van der Waals surface area (Å²) in [7, 11) is 3.87. The molecule has 1 unspecified atom stereocenters. The summed E-state index contributed by atoms with van der Waals surface area (Å²) < 4.78 is 5.29. The van der Waals surface area contributed by atoms with Crippen molar-refractivity contribution >= 4 is 0 Å². The second kappa shape index (κ2) is 8.37. The topological polar surface area (TPSA) is 35.9 Å². The number of aromatic hydroxyl groups is 1. The fourth-order valence-corrected chi connectivity index (χ4v) is 3.59. The summed E-state index contributed by atoms with van der Waals surface area (Å²) in [5.74, 6) is 1.14. The lowest BCUT2D eigenvalue weighted by Gasteiger charge is -2.37. The molecule has 0 aromatic heterocycles. The van der Waals surface area contributed by atoms with Gasteiger partial charge in [-0.05, 0) is 50.2 Å². The number of likely N-dealkylation sites (tertiary alicyclic amines) is 1. The number of benzene rings is 2. The Kier molecular flexibility index (Phi) is 5.95. The molecule has 1 aliphatic heterocycles. The molecule has 1 heterocycles. The van der Waals surface area contributed by atoms with Crippen LogP contribution in [0, 0.1) is 0 Å². The highest BCUT2D eigenvalue weighted by Crippen LogP contribution is 2.26. The minimum atomic E-state index is 0.348.